The summed E-state index contributed by atoms with van der Waals surface area (Å²) in [4.78, 5) is 40.8. The summed E-state index contributed by atoms with van der Waals surface area (Å²) in [6.07, 6.45) is 5.02. The van der Waals surface area contributed by atoms with E-state index in [9.17, 15) is 14.4 Å². The number of anilines is 1. The number of hydrogen-bond donors (Lipinski definition) is 0. The number of nitrogens with zero attached hydrogens (tertiary/aromatic N) is 2. The molecule has 2 fully saturated rings. The first-order chi connectivity index (χ1) is 11.9. The van der Waals surface area contributed by atoms with Crippen molar-refractivity contribution >= 4 is 23.4 Å². The summed E-state index contributed by atoms with van der Waals surface area (Å²) in [5, 5.41) is 0. The lowest BCUT2D eigenvalue weighted by Crippen LogP contribution is -2.42. The maximum absolute atomic E-state index is 12.7. The Balaban J connectivity index is 1.51. The van der Waals surface area contributed by atoms with Gasteiger partial charge in [0.25, 0.3) is 0 Å². The maximum atomic E-state index is 12.7. The Morgan fingerprint density at radius 2 is 1.56 bits per heavy atom. The second-order valence-corrected chi connectivity index (χ2v) is 7.56. The lowest BCUT2D eigenvalue weighted by atomic mass is 9.85. The van der Waals surface area contributed by atoms with Crippen molar-refractivity contribution in [2.24, 2.45) is 23.7 Å². The highest BCUT2D eigenvalue weighted by atomic mass is 16.2. The molecule has 3 aliphatic rings. The van der Waals surface area contributed by atoms with E-state index in [0.717, 1.165) is 23.2 Å². The quantitative estimate of drug-likeness (QED) is 0.626. The Morgan fingerprint density at radius 3 is 2.08 bits per heavy atom. The number of likely N-dealkylation sites (tertiary alicyclic amines) is 1. The third kappa shape index (κ3) is 2.41. The smallest absolute Gasteiger partial charge is 0.246 e. The molecule has 5 nitrogen and oxygen atoms in total. The van der Waals surface area contributed by atoms with Crippen molar-refractivity contribution in [2.75, 3.05) is 18.5 Å². The van der Waals surface area contributed by atoms with E-state index in [4.69, 9.17) is 0 Å². The van der Waals surface area contributed by atoms with Crippen LogP contribution in [0.3, 0.4) is 0 Å². The number of allylic oxidation sites excluding steroid dienone is 2. The fourth-order valence-corrected chi connectivity index (χ4v) is 4.65. The highest BCUT2D eigenvalue weighted by Gasteiger charge is 2.59. The average Bonchev–Trinajstić information content (AvgIpc) is 3.23. The monoisotopic (exact) mass is 338 g/mol. The van der Waals surface area contributed by atoms with Crippen molar-refractivity contribution in [3.63, 3.8) is 0 Å². The maximum Gasteiger partial charge on any atom is 0.246 e. The standard InChI is InChI=1S/C20H22N2O3/c1-11-6-12(2)8-15(7-11)21(3)16(23)10-22-19(24)17-13-4-5-14(9-13)18(17)20(22)25/h4-8,13-14,17-18H,9-10H2,1-3H3/t13-,14-,17-,18-/m0/s1. The van der Waals surface area contributed by atoms with Crippen LogP contribution in [0.4, 0.5) is 5.69 Å². The molecule has 0 spiro atoms. The molecule has 4 rings (SSSR count). The SMILES string of the molecule is Cc1cc(C)cc(N(C)C(=O)CN2C(=O)[C@@H]3[C@@H](C2=O)[C@H]2C=C[C@H]3C2)c1. The number of carbonyl (C=O) groups is 3. The van der Waals surface area contributed by atoms with Crippen LogP contribution < -0.4 is 4.90 Å². The van der Waals surface area contributed by atoms with Crippen LogP contribution in [0.15, 0.2) is 30.4 Å². The van der Waals surface area contributed by atoms with Gasteiger partial charge in [-0.25, -0.2) is 0 Å². The second kappa shape index (κ2) is 5.55. The molecule has 3 amide bonds. The molecule has 4 atom stereocenters. The van der Waals surface area contributed by atoms with Crippen LogP contribution in [0.2, 0.25) is 0 Å². The number of aryl methyl sites for hydroxylation is 2. The first-order valence-electron chi connectivity index (χ1n) is 8.75. The van der Waals surface area contributed by atoms with Crippen LogP contribution in [0.25, 0.3) is 0 Å². The first kappa shape index (κ1) is 16.1. The van der Waals surface area contributed by atoms with Crippen molar-refractivity contribution in [1.29, 1.82) is 0 Å². The predicted octanol–water partition coefficient (Wildman–Crippen LogP) is 2.07. The number of rotatable bonds is 3. The van der Waals surface area contributed by atoms with Gasteiger partial charge < -0.3 is 4.90 Å². The number of amides is 3. The molecule has 0 aromatic heterocycles. The minimum Gasteiger partial charge on any atom is -0.314 e. The van der Waals surface area contributed by atoms with E-state index in [1.165, 1.54) is 9.80 Å². The van der Waals surface area contributed by atoms with Gasteiger partial charge in [-0.15, -0.1) is 0 Å². The molecule has 25 heavy (non-hydrogen) atoms. The zero-order valence-corrected chi connectivity index (χ0v) is 14.7. The first-order valence-corrected chi connectivity index (χ1v) is 8.75. The number of hydrogen-bond acceptors (Lipinski definition) is 3. The van der Waals surface area contributed by atoms with Gasteiger partial charge in [-0.2, -0.15) is 0 Å². The van der Waals surface area contributed by atoms with E-state index in [2.05, 4.69) is 12.2 Å². The third-order valence-electron chi connectivity index (χ3n) is 5.82. The average molecular weight is 338 g/mol. The van der Waals surface area contributed by atoms with Crippen molar-refractivity contribution in [2.45, 2.75) is 20.3 Å². The number of fused-ring (bicyclic) bond motifs is 5. The molecule has 0 radical (unpaired) electrons. The third-order valence-corrected chi connectivity index (χ3v) is 5.82. The van der Waals surface area contributed by atoms with Crippen LogP contribution in [0.5, 0.6) is 0 Å². The van der Waals surface area contributed by atoms with Crippen molar-refractivity contribution in [1.82, 2.24) is 4.90 Å². The van der Waals surface area contributed by atoms with Crippen LogP contribution in [0.1, 0.15) is 17.5 Å². The number of imide groups is 1. The molecular weight excluding hydrogens is 316 g/mol. The molecule has 1 aliphatic heterocycles. The predicted molar refractivity (Wildman–Crippen MR) is 93.8 cm³/mol. The van der Waals surface area contributed by atoms with Crippen molar-refractivity contribution < 1.29 is 14.4 Å². The van der Waals surface area contributed by atoms with Gasteiger partial charge in [0.15, 0.2) is 0 Å². The lowest BCUT2D eigenvalue weighted by Gasteiger charge is -2.22. The highest BCUT2D eigenvalue weighted by molar-refractivity contribution is 6.09. The van der Waals surface area contributed by atoms with Gasteiger partial charge in [-0.3, -0.25) is 19.3 Å². The van der Waals surface area contributed by atoms with Gasteiger partial charge in [-0.05, 0) is 55.4 Å². The zero-order valence-electron chi connectivity index (χ0n) is 14.7. The lowest BCUT2D eigenvalue weighted by molar-refractivity contribution is -0.143. The van der Waals surface area contributed by atoms with Crippen LogP contribution in [0, 0.1) is 37.5 Å². The van der Waals surface area contributed by atoms with E-state index < -0.39 is 0 Å². The summed E-state index contributed by atoms with van der Waals surface area (Å²) in [6, 6.07) is 5.90. The van der Waals surface area contributed by atoms with E-state index in [0.29, 0.717) is 0 Å². The van der Waals surface area contributed by atoms with Crippen LogP contribution in [-0.4, -0.2) is 36.2 Å². The van der Waals surface area contributed by atoms with Crippen LogP contribution >= 0.6 is 0 Å². The summed E-state index contributed by atoms with van der Waals surface area (Å²) in [7, 11) is 1.69. The molecule has 130 valence electrons. The Hall–Kier alpha value is -2.43. The van der Waals surface area contributed by atoms with Crippen LogP contribution in [-0.2, 0) is 14.4 Å². The van der Waals surface area contributed by atoms with Gasteiger partial charge in [0.05, 0.1) is 11.8 Å². The summed E-state index contributed by atoms with van der Waals surface area (Å²) < 4.78 is 0. The minimum atomic E-state index is -0.248. The Morgan fingerprint density at radius 1 is 1.04 bits per heavy atom. The van der Waals surface area contributed by atoms with Gasteiger partial charge in [0.2, 0.25) is 17.7 Å². The molecule has 0 N–H and O–H groups in total. The highest BCUT2D eigenvalue weighted by Crippen LogP contribution is 2.52. The zero-order chi connectivity index (χ0) is 17.9. The summed E-state index contributed by atoms with van der Waals surface area (Å²) in [6.45, 7) is 3.78. The minimum absolute atomic E-state index is 0.170. The molecule has 0 unspecified atom stereocenters. The largest absolute Gasteiger partial charge is 0.314 e. The summed E-state index contributed by atoms with van der Waals surface area (Å²) in [5.74, 6) is -0.744. The molecule has 1 aromatic rings. The van der Waals surface area contributed by atoms with E-state index in [1.54, 1.807) is 7.05 Å². The van der Waals surface area contributed by atoms with E-state index in [-0.39, 0.29) is 47.9 Å². The van der Waals surface area contributed by atoms with Crippen molar-refractivity contribution in [3.05, 3.63) is 41.5 Å². The molecule has 1 heterocycles. The molecule has 1 saturated heterocycles. The van der Waals surface area contributed by atoms with E-state index >= 15 is 0 Å². The molecule has 2 bridgehead atoms. The fourth-order valence-electron chi connectivity index (χ4n) is 4.65. The summed E-state index contributed by atoms with van der Waals surface area (Å²) in [5.41, 5.74) is 2.92. The Bertz CT molecular complexity index is 763. The Kier molecular flexibility index (Phi) is 3.56. The van der Waals surface area contributed by atoms with Gasteiger partial charge in [0, 0.05) is 12.7 Å². The number of likely N-dealkylation sites (N-methyl/N-ethyl adjacent to an activating group) is 1. The fraction of sp³-hybridized carbons (Fsp3) is 0.450. The normalized spacial score (nSPS) is 29.5. The van der Waals surface area contributed by atoms with Gasteiger partial charge in [0.1, 0.15) is 6.54 Å². The van der Waals surface area contributed by atoms with E-state index in [1.807, 2.05) is 32.0 Å². The summed E-state index contributed by atoms with van der Waals surface area (Å²) >= 11 is 0. The number of benzene rings is 1. The molecule has 1 aromatic carbocycles. The molecule has 5 heteroatoms. The topological polar surface area (TPSA) is 57.7 Å². The Labute approximate surface area is 147 Å². The number of carbonyl (C=O) groups excluding carboxylic acids is 3. The molecule has 2 aliphatic carbocycles. The molecule has 1 saturated carbocycles. The second-order valence-electron chi connectivity index (χ2n) is 7.56. The molecular formula is C20H22N2O3. The van der Waals surface area contributed by atoms with Crippen molar-refractivity contribution in [3.8, 4) is 0 Å². The van der Waals surface area contributed by atoms with Gasteiger partial charge in [-0.1, -0.05) is 18.2 Å². The van der Waals surface area contributed by atoms with Gasteiger partial charge >= 0.3 is 0 Å².